The summed E-state index contributed by atoms with van der Waals surface area (Å²) in [6.07, 6.45) is 5.06. The summed E-state index contributed by atoms with van der Waals surface area (Å²) in [6.45, 7) is 3.85. The van der Waals surface area contributed by atoms with Crippen LogP contribution >= 0.6 is 0 Å². The van der Waals surface area contributed by atoms with Crippen LogP contribution in [0.15, 0.2) is 36.4 Å². The lowest BCUT2D eigenvalue weighted by atomic mass is 10.2. The fraction of sp³-hybridized carbons (Fsp3) is 0.474. The lowest BCUT2D eigenvalue weighted by Crippen LogP contribution is -2.22. The Balaban J connectivity index is 1.60. The third-order valence-corrected chi connectivity index (χ3v) is 4.71. The highest BCUT2D eigenvalue weighted by Crippen LogP contribution is 2.25. The van der Waals surface area contributed by atoms with Crippen molar-refractivity contribution in [3.8, 4) is 11.4 Å². The second-order valence-corrected chi connectivity index (χ2v) is 6.51. The summed E-state index contributed by atoms with van der Waals surface area (Å²) in [5.41, 5.74) is 1.05. The lowest BCUT2D eigenvalue weighted by Gasteiger charge is -2.19. The van der Waals surface area contributed by atoms with Gasteiger partial charge in [-0.25, -0.2) is 9.97 Å². The Kier molecular flexibility index (Phi) is 4.60. The molecule has 1 atom stereocenters. The van der Waals surface area contributed by atoms with Gasteiger partial charge in [0.05, 0.1) is 6.10 Å². The molecule has 3 heterocycles. The molecule has 2 saturated heterocycles. The number of aromatic nitrogens is 2. The SMILES string of the molecule is c1ccc(-c2nc(NCC3CCCO3)cc(N3CCCC3)n2)cc1. The summed E-state index contributed by atoms with van der Waals surface area (Å²) < 4.78 is 5.70. The zero-order chi connectivity index (χ0) is 16.2. The summed E-state index contributed by atoms with van der Waals surface area (Å²) >= 11 is 0. The minimum Gasteiger partial charge on any atom is -0.376 e. The molecule has 0 saturated carbocycles. The zero-order valence-corrected chi connectivity index (χ0v) is 13.9. The molecule has 0 bridgehead atoms. The predicted octanol–water partition coefficient (Wildman–Crippen LogP) is 3.33. The molecule has 0 aliphatic carbocycles. The maximum absolute atomic E-state index is 5.70. The molecule has 2 aromatic rings. The fourth-order valence-electron chi connectivity index (χ4n) is 3.37. The highest BCUT2D eigenvalue weighted by molar-refractivity contribution is 5.62. The Morgan fingerprint density at radius 3 is 2.67 bits per heavy atom. The van der Waals surface area contributed by atoms with Gasteiger partial charge in [-0.05, 0) is 25.7 Å². The Morgan fingerprint density at radius 1 is 1.08 bits per heavy atom. The molecule has 126 valence electrons. The van der Waals surface area contributed by atoms with Crippen LogP contribution in [0.3, 0.4) is 0 Å². The molecule has 0 radical (unpaired) electrons. The molecule has 1 N–H and O–H groups in total. The summed E-state index contributed by atoms with van der Waals surface area (Å²) in [5, 5.41) is 3.46. The molecule has 5 nitrogen and oxygen atoms in total. The first-order chi connectivity index (χ1) is 11.9. The summed E-state index contributed by atoms with van der Waals surface area (Å²) in [5.74, 6) is 2.70. The van der Waals surface area contributed by atoms with Gasteiger partial charge in [0.2, 0.25) is 0 Å². The molecular weight excluding hydrogens is 300 g/mol. The highest BCUT2D eigenvalue weighted by atomic mass is 16.5. The van der Waals surface area contributed by atoms with Crippen molar-refractivity contribution in [1.29, 1.82) is 0 Å². The topological polar surface area (TPSA) is 50.3 Å². The molecular formula is C19H24N4O. The molecule has 2 fully saturated rings. The van der Waals surface area contributed by atoms with E-state index in [1.807, 2.05) is 18.2 Å². The van der Waals surface area contributed by atoms with Crippen molar-refractivity contribution in [2.24, 2.45) is 0 Å². The first kappa shape index (κ1) is 15.4. The largest absolute Gasteiger partial charge is 0.376 e. The maximum Gasteiger partial charge on any atom is 0.163 e. The summed E-state index contributed by atoms with van der Waals surface area (Å²) in [6, 6.07) is 12.3. The van der Waals surface area contributed by atoms with Crippen molar-refractivity contribution >= 4 is 11.6 Å². The standard InChI is InChI=1S/C19H24N4O/c1-2-7-15(8-3-1)19-21-17(20-14-16-9-6-12-24-16)13-18(22-19)23-10-4-5-11-23/h1-3,7-8,13,16H,4-6,9-12,14H2,(H,20,21,22). The number of anilines is 2. The molecule has 1 unspecified atom stereocenters. The van der Waals surface area contributed by atoms with Crippen LogP contribution in [0, 0.1) is 0 Å². The fourth-order valence-corrected chi connectivity index (χ4v) is 3.37. The van der Waals surface area contributed by atoms with Crippen LogP contribution in [0.1, 0.15) is 25.7 Å². The normalized spacial score (nSPS) is 20.5. The van der Waals surface area contributed by atoms with E-state index in [0.29, 0.717) is 6.10 Å². The van der Waals surface area contributed by atoms with Crippen molar-refractivity contribution < 1.29 is 4.74 Å². The molecule has 0 amide bonds. The number of benzene rings is 1. The summed E-state index contributed by atoms with van der Waals surface area (Å²) in [7, 11) is 0. The van der Waals surface area contributed by atoms with Gasteiger partial charge < -0.3 is 15.0 Å². The Morgan fingerprint density at radius 2 is 1.92 bits per heavy atom. The smallest absolute Gasteiger partial charge is 0.163 e. The van der Waals surface area contributed by atoms with Gasteiger partial charge in [-0.3, -0.25) is 0 Å². The number of rotatable bonds is 5. The number of hydrogen-bond acceptors (Lipinski definition) is 5. The molecule has 5 heteroatoms. The van der Waals surface area contributed by atoms with E-state index in [-0.39, 0.29) is 0 Å². The average Bonchev–Trinajstić information content (AvgIpc) is 3.34. The van der Waals surface area contributed by atoms with Crippen molar-refractivity contribution in [3.63, 3.8) is 0 Å². The highest BCUT2D eigenvalue weighted by Gasteiger charge is 2.18. The minimum atomic E-state index is 0.301. The van der Waals surface area contributed by atoms with Gasteiger partial charge in [-0.1, -0.05) is 30.3 Å². The van der Waals surface area contributed by atoms with Crippen LogP contribution in [0.25, 0.3) is 11.4 Å². The van der Waals surface area contributed by atoms with E-state index < -0.39 is 0 Å². The molecule has 2 aliphatic rings. The quantitative estimate of drug-likeness (QED) is 0.914. The second kappa shape index (κ2) is 7.18. The first-order valence-corrected chi connectivity index (χ1v) is 8.93. The third kappa shape index (κ3) is 3.51. The Hall–Kier alpha value is -2.14. The number of hydrogen-bond donors (Lipinski definition) is 1. The van der Waals surface area contributed by atoms with Crippen molar-refractivity contribution in [1.82, 2.24) is 9.97 Å². The Bertz CT molecular complexity index is 664. The van der Waals surface area contributed by atoms with E-state index in [4.69, 9.17) is 14.7 Å². The summed E-state index contributed by atoms with van der Waals surface area (Å²) in [4.78, 5) is 11.9. The monoisotopic (exact) mass is 324 g/mol. The molecule has 0 spiro atoms. The Labute approximate surface area is 143 Å². The second-order valence-electron chi connectivity index (χ2n) is 6.51. The van der Waals surface area contributed by atoms with E-state index in [1.54, 1.807) is 0 Å². The molecule has 1 aromatic carbocycles. The van der Waals surface area contributed by atoms with E-state index in [2.05, 4.69) is 28.4 Å². The van der Waals surface area contributed by atoms with Gasteiger partial charge in [0.1, 0.15) is 11.6 Å². The van der Waals surface area contributed by atoms with E-state index in [0.717, 1.165) is 62.1 Å². The van der Waals surface area contributed by atoms with Crippen LogP contribution in [0.2, 0.25) is 0 Å². The van der Waals surface area contributed by atoms with E-state index >= 15 is 0 Å². The van der Waals surface area contributed by atoms with Gasteiger partial charge >= 0.3 is 0 Å². The van der Waals surface area contributed by atoms with Gasteiger partial charge in [0, 0.05) is 37.9 Å². The third-order valence-electron chi connectivity index (χ3n) is 4.71. The van der Waals surface area contributed by atoms with Crippen LogP contribution in [0.4, 0.5) is 11.6 Å². The number of nitrogens with zero attached hydrogens (tertiary/aromatic N) is 3. The van der Waals surface area contributed by atoms with E-state index in [9.17, 15) is 0 Å². The van der Waals surface area contributed by atoms with Crippen LogP contribution < -0.4 is 10.2 Å². The van der Waals surface area contributed by atoms with Crippen LogP contribution in [0.5, 0.6) is 0 Å². The molecule has 4 rings (SSSR count). The first-order valence-electron chi connectivity index (χ1n) is 8.93. The number of ether oxygens (including phenoxy) is 1. The van der Waals surface area contributed by atoms with Crippen LogP contribution in [-0.4, -0.2) is 42.3 Å². The lowest BCUT2D eigenvalue weighted by molar-refractivity contribution is 0.120. The van der Waals surface area contributed by atoms with Gasteiger partial charge in [0.25, 0.3) is 0 Å². The predicted molar refractivity (Wildman–Crippen MR) is 96.4 cm³/mol. The van der Waals surface area contributed by atoms with Gasteiger partial charge in [0.15, 0.2) is 5.82 Å². The van der Waals surface area contributed by atoms with Crippen molar-refractivity contribution in [2.75, 3.05) is 36.5 Å². The van der Waals surface area contributed by atoms with Crippen molar-refractivity contribution in [2.45, 2.75) is 31.8 Å². The van der Waals surface area contributed by atoms with Crippen LogP contribution in [-0.2, 0) is 4.74 Å². The average molecular weight is 324 g/mol. The minimum absolute atomic E-state index is 0.301. The maximum atomic E-state index is 5.70. The zero-order valence-electron chi connectivity index (χ0n) is 13.9. The van der Waals surface area contributed by atoms with Crippen molar-refractivity contribution in [3.05, 3.63) is 36.4 Å². The number of nitrogens with one attached hydrogen (secondary N) is 1. The molecule has 1 aromatic heterocycles. The molecule has 24 heavy (non-hydrogen) atoms. The molecule has 2 aliphatic heterocycles. The van der Waals surface area contributed by atoms with Gasteiger partial charge in [-0.15, -0.1) is 0 Å². The van der Waals surface area contributed by atoms with Gasteiger partial charge in [-0.2, -0.15) is 0 Å². The van der Waals surface area contributed by atoms with E-state index in [1.165, 1.54) is 12.8 Å².